The van der Waals surface area contributed by atoms with Crippen LogP contribution in [0.25, 0.3) is 0 Å². The summed E-state index contributed by atoms with van der Waals surface area (Å²) in [6.07, 6.45) is 4.27. The van der Waals surface area contributed by atoms with Crippen molar-refractivity contribution < 1.29 is 4.79 Å². The lowest BCUT2D eigenvalue weighted by Gasteiger charge is -2.31. The summed E-state index contributed by atoms with van der Waals surface area (Å²) in [5, 5.41) is 0. The van der Waals surface area contributed by atoms with Crippen molar-refractivity contribution in [3.8, 4) is 11.8 Å². The first-order valence-electron chi connectivity index (χ1n) is 7.19. The van der Waals surface area contributed by atoms with Gasteiger partial charge in [0.25, 0.3) is 0 Å². The van der Waals surface area contributed by atoms with Crippen molar-refractivity contribution in [2.24, 2.45) is 5.73 Å². The van der Waals surface area contributed by atoms with Gasteiger partial charge in [-0.3, -0.25) is 14.7 Å². The molecule has 0 unspecified atom stereocenters. The number of amides is 1. The molecule has 1 amide bonds. The number of hydrogen-bond donors (Lipinski definition) is 1. The zero-order valence-electron chi connectivity index (χ0n) is 12.7. The standard InChI is InChI=1S/C16H22N4O/c1-13(17)4-3-5-14-8-15(10-18-9-14)11-20-7-6-19(2)16(21)12-20/h8-10,13H,4,6-7,11-12,17H2,1-2H3/t13-/m0/s1. The minimum absolute atomic E-state index is 0.0880. The molecule has 1 fully saturated rings. The van der Waals surface area contributed by atoms with Gasteiger partial charge >= 0.3 is 0 Å². The topological polar surface area (TPSA) is 62.5 Å². The first-order valence-corrected chi connectivity index (χ1v) is 7.19. The molecular formula is C16H22N4O. The predicted octanol–water partition coefficient (Wildman–Crippen LogP) is 0.444. The third-order valence-corrected chi connectivity index (χ3v) is 3.39. The van der Waals surface area contributed by atoms with Crippen LogP contribution in [0, 0.1) is 11.8 Å². The van der Waals surface area contributed by atoms with Crippen LogP contribution < -0.4 is 5.73 Å². The molecular weight excluding hydrogens is 264 g/mol. The fourth-order valence-corrected chi connectivity index (χ4v) is 2.16. The van der Waals surface area contributed by atoms with Gasteiger partial charge in [0, 0.05) is 57.1 Å². The fraction of sp³-hybridized carbons (Fsp3) is 0.500. The van der Waals surface area contributed by atoms with Gasteiger partial charge in [-0.1, -0.05) is 11.8 Å². The Labute approximate surface area is 126 Å². The number of nitrogens with zero attached hydrogens (tertiary/aromatic N) is 3. The zero-order valence-corrected chi connectivity index (χ0v) is 12.7. The predicted molar refractivity (Wildman–Crippen MR) is 82.3 cm³/mol. The molecule has 0 bridgehead atoms. The van der Waals surface area contributed by atoms with Crippen molar-refractivity contribution in [3.63, 3.8) is 0 Å². The maximum atomic E-state index is 11.7. The minimum atomic E-state index is 0.0880. The molecule has 21 heavy (non-hydrogen) atoms. The highest BCUT2D eigenvalue weighted by atomic mass is 16.2. The van der Waals surface area contributed by atoms with Gasteiger partial charge in [0.05, 0.1) is 6.54 Å². The van der Waals surface area contributed by atoms with Gasteiger partial charge in [-0.2, -0.15) is 0 Å². The van der Waals surface area contributed by atoms with E-state index in [1.807, 2.05) is 26.2 Å². The number of pyridine rings is 1. The second-order valence-corrected chi connectivity index (χ2v) is 5.59. The average molecular weight is 286 g/mol. The van der Waals surface area contributed by atoms with Gasteiger partial charge in [0.15, 0.2) is 0 Å². The van der Waals surface area contributed by atoms with Crippen LogP contribution in [0.2, 0.25) is 0 Å². The van der Waals surface area contributed by atoms with Crippen molar-refractivity contribution in [2.75, 3.05) is 26.7 Å². The van der Waals surface area contributed by atoms with Crippen LogP contribution in [0.4, 0.5) is 0 Å². The normalized spacial score (nSPS) is 17.3. The van der Waals surface area contributed by atoms with Crippen LogP contribution in [0.5, 0.6) is 0 Å². The first kappa shape index (κ1) is 15.5. The molecule has 1 aliphatic rings. The summed E-state index contributed by atoms with van der Waals surface area (Å²) in [5.74, 6) is 6.31. The molecule has 2 rings (SSSR count). The van der Waals surface area contributed by atoms with E-state index in [2.05, 4.69) is 21.7 Å². The van der Waals surface area contributed by atoms with E-state index < -0.39 is 0 Å². The Bertz CT molecular complexity index is 559. The van der Waals surface area contributed by atoms with E-state index in [1.165, 1.54) is 0 Å². The Balaban J connectivity index is 1.97. The monoisotopic (exact) mass is 286 g/mol. The highest BCUT2D eigenvalue weighted by molar-refractivity contribution is 5.78. The molecule has 0 spiro atoms. The van der Waals surface area contributed by atoms with Crippen molar-refractivity contribution in [3.05, 3.63) is 29.6 Å². The quantitative estimate of drug-likeness (QED) is 0.819. The molecule has 0 aliphatic carbocycles. The third kappa shape index (κ3) is 4.85. The van der Waals surface area contributed by atoms with Crippen LogP contribution in [0.3, 0.4) is 0 Å². The van der Waals surface area contributed by atoms with E-state index in [-0.39, 0.29) is 11.9 Å². The van der Waals surface area contributed by atoms with E-state index >= 15 is 0 Å². The molecule has 1 aliphatic heterocycles. The number of carbonyl (C=O) groups is 1. The molecule has 1 aromatic rings. The molecule has 0 aromatic carbocycles. The number of hydrogen-bond acceptors (Lipinski definition) is 4. The molecule has 5 nitrogen and oxygen atoms in total. The summed E-state index contributed by atoms with van der Waals surface area (Å²) < 4.78 is 0. The Hall–Kier alpha value is -1.90. The summed E-state index contributed by atoms with van der Waals surface area (Å²) in [5.41, 5.74) is 7.65. The summed E-state index contributed by atoms with van der Waals surface area (Å²) in [6, 6.07) is 2.12. The molecule has 0 saturated carbocycles. The molecule has 1 saturated heterocycles. The summed E-state index contributed by atoms with van der Waals surface area (Å²) in [4.78, 5) is 19.8. The lowest BCUT2D eigenvalue weighted by molar-refractivity contribution is -0.134. The lowest BCUT2D eigenvalue weighted by Crippen LogP contribution is -2.47. The van der Waals surface area contributed by atoms with E-state index in [0.717, 1.165) is 30.8 Å². The number of piperazine rings is 1. The van der Waals surface area contributed by atoms with Crippen molar-refractivity contribution in [1.82, 2.24) is 14.8 Å². The van der Waals surface area contributed by atoms with Gasteiger partial charge in [0.1, 0.15) is 0 Å². The average Bonchev–Trinajstić information content (AvgIpc) is 2.43. The molecule has 0 radical (unpaired) electrons. The Morgan fingerprint density at radius 2 is 2.24 bits per heavy atom. The van der Waals surface area contributed by atoms with Gasteiger partial charge < -0.3 is 10.6 Å². The summed E-state index contributed by atoms with van der Waals surface area (Å²) >= 11 is 0. The first-order chi connectivity index (χ1) is 10.0. The SMILES string of the molecule is C[C@H](N)CC#Cc1cncc(CN2CCN(C)C(=O)C2)c1. The van der Waals surface area contributed by atoms with Crippen LogP contribution in [-0.4, -0.2) is 53.4 Å². The van der Waals surface area contributed by atoms with E-state index in [1.54, 1.807) is 11.1 Å². The number of likely N-dealkylation sites (N-methyl/N-ethyl adjacent to an activating group) is 1. The smallest absolute Gasteiger partial charge is 0.236 e. The zero-order chi connectivity index (χ0) is 15.2. The second-order valence-electron chi connectivity index (χ2n) is 5.59. The van der Waals surface area contributed by atoms with Gasteiger partial charge in [-0.25, -0.2) is 0 Å². The highest BCUT2D eigenvalue weighted by Gasteiger charge is 2.20. The van der Waals surface area contributed by atoms with Crippen LogP contribution in [-0.2, 0) is 11.3 Å². The van der Waals surface area contributed by atoms with Crippen LogP contribution >= 0.6 is 0 Å². The molecule has 5 heteroatoms. The van der Waals surface area contributed by atoms with E-state index in [4.69, 9.17) is 5.73 Å². The Morgan fingerprint density at radius 3 is 2.95 bits per heavy atom. The fourth-order valence-electron chi connectivity index (χ4n) is 2.16. The van der Waals surface area contributed by atoms with Gasteiger partial charge in [0.2, 0.25) is 5.91 Å². The van der Waals surface area contributed by atoms with Crippen molar-refractivity contribution in [2.45, 2.75) is 25.9 Å². The third-order valence-electron chi connectivity index (χ3n) is 3.39. The highest BCUT2D eigenvalue weighted by Crippen LogP contribution is 2.09. The Morgan fingerprint density at radius 1 is 1.43 bits per heavy atom. The van der Waals surface area contributed by atoms with Gasteiger partial charge in [-0.05, 0) is 18.6 Å². The number of rotatable bonds is 3. The second kappa shape index (κ2) is 7.21. The number of nitrogens with two attached hydrogens (primary N) is 1. The summed E-state index contributed by atoms with van der Waals surface area (Å²) in [6.45, 7) is 4.81. The lowest BCUT2D eigenvalue weighted by atomic mass is 10.1. The molecule has 1 aromatic heterocycles. The van der Waals surface area contributed by atoms with Crippen LogP contribution in [0.1, 0.15) is 24.5 Å². The molecule has 2 N–H and O–H groups in total. The number of carbonyl (C=O) groups excluding carboxylic acids is 1. The Kier molecular flexibility index (Phi) is 5.32. The minimum Gasteiger partial charge on any atom is -0.343 e. The maximum Gasteiger partial charge on any atom is 0.236 e. The molecule has 2 heterocycles. The number of aromatic nitrogens is 1. The van der Waals surface area contributed by atoms with Gasteiger partial charge in [-0.15, -0.1) is 0 Å². The largest absolute Gasteiger partial charge is 0.343 e. The molecule has 112 valence electrons. The molecule has 1 atom stereocenters. The van der Waals surface area contributed by atoms with E-state index in [0.29, 0.717) is 13.0 Å². The van der Waals surface area contributed by atoms with Crippen LogP contribution in [0.15, 0.2) is 18.5 Å². The van der Waals surface area contributed by atoms with Crippen molar-refractivity contribution in [1.29, 1.82) is 0 Å². The van der Waals surface area contributed by atoms with Crippen molar-refractivity contribution >= 4 is 5.91 Å². The van der Waals surface area contributed by atoms with E-state index in [9.17, 15) is 4.79 Å². The maximum absolute atomic E-state index is 11.7. The summed E-state index contributed by atoms with van der Waals surface area (Å²) in [7, 11) is 1.84.